The number of piperidine rings is 1. The number of nitrogens with one attached hydrogen (secondary N) is 1. The van der Waals surface area contributed by atoms with Gasteiger partial charge in [0.2, 0.25) is 5.91 Å². The van der Waals surface area contributed by atoms with Gasteiger partial charge in [-0.1, -0.05) is 12.1 Å². The first kappa shape index (κ1) is 12.1. The van der Waals surface area contributed by atoms with Gasteiger partial charge in [0.1, 0.15) is 0 Å². The first-order valence-electron chi connectivity index (χ1n) is 6.21. The molecule has 0 unspecified atom stereocenters. The van der Waals surface area contributed by atoms with E-state index < -0.39 is 0 Å². The van der Waals surface area contributed by atoms with E-state index in [9.17, 15) is 4.79 Å². The second-order valence-electron chi connectivity index (χ2n) is 4.94. The Hall–Kier alpha value is -1.35. The molecule has 0 spiro atoms. The van der Waals surface area contributed by atoms with Gasteiger partial charge in [-0.25, -0.2) is 0 Å². The Morgan fingerprint density at radius 2 is 2.06 bits per heavy atom. The molecule has 1 amide bonds. The van der Waals surface area contributed by atoms with Crippen LogP contribution in [0.1, 0.15) is 18.4 Å². The van der Waals surface area contributed by atoms with E-state index in [0.29, 0.717) is 0 Å². The predicted molar refractivity (Wildman–Crippen MR) is 70.0 cm³/mol. The van der Waals surface area contributed by atoms with Gasteiger partial charge < -0.3 is 10.2 Å². The third-order valence-electron chi connectivity index (χ3n) is 3.37. The lowest BCUT2D eigenvalue weighted by Gasteiger charge is -2.28. The summed E-state index contributed by atoms with van der Waals surface area (Å²) in [6.45, 7) is 4.07. The Balaban J connectivity index is 1.93. The zero-order valence-corrected chi connectivity index (χ0v) is 10.6. The lowest BCUT2D eigenvalue weighted by molar-refractivity contribution is -0.121. The number of carbonyl (C=O) groups is 1. The molecule has 1 aliphatic heterocycles. The van der Waals surface area contributed by atoms with E-state index in [0.717, 1.165) is 31.6 Å². The minimum absolute atomic E-state index is 0.170. The molecule has 3 nitrogen and oxygen atoms in total. The molecule has 1 saturated heterocycles. The van der Waals surface area contributed by atoms with Crippen molar-refractivity contribution < 1.29 is 4.79 Å². The lowest BCUT2D eigenvalue weighted by atomic mass is 9.96. The van der Waals surface area contributed by atoms with Gasteiger partial charge in [0.15, 0.2) is 0 Å². The summed E-state index contributed by atoms with van der Waals surface area (Å²) in [6, 6.07) is 7.96. The number of likely N-dealkylation sites (tertiary alicyclic amines) is 1. The summed E-state index contributed by atoms with van der Waals surface area (Å²) in [4.78, 5) is 14.3. The van der Waals surface area contributed by atoms with Crippen LogP contribution in [0.3, 0.4) is 0 Å². The molecule has 1 aromatic rings. The van der Waals surface area contributed by atoms with Crippen molar-refractivity contribution in [2.75, 3.05) is 25.5 Å². The van der Waals surface area contributed by atoms with Crippen LogP contribution in [-0.2, 0) is 4.79 Å². The number of hydrogen-bond donors (Lipinski definition) is 1. The molecule has 0 aromatic heterocycles. The second kappa shape index (κ2) is 5.32. The number of anilines is 1. The van der Waals surface area contributed by atoms with Crippen LogP contribution < -0.4 is 5.32 Å². The number of amides is 1. The number of carbonyl (C=O) groups excluding carboxylic acids is 1. The van der Waals surface area contributed by atoms with Crippen molar-refractivity contribution >= 4 is 11.6 Å². The van der Waals surface area contributed by atoms with E-state index in [4.69, 9.17) is 0 Å². The summed E-state index contributed by atoms with van der Waals surface area (Å²) in [5.74, 6) is 0.343. The highest BCUT2D eigenvalue weighted by Gasteiger charge is 2.23. The number of rotatable bonds is 2. The largest absolute Gasteiger partial charge is 0.326 e. The van der Waals surface area contributed by atoms with Crippen LogP contribution in [0, 0.1) is 12.8 Å². The molecular formula is C14H20N2O. The van der Waals surface area contributed by atoms with Crippen molar-refractivity contribution in [3.05, 3.63) is 29.8 Å². The molecule has 3 heteroatoms. The minimum atomic E-state index is 0.170. The van der Waals surface area contributed by atoms with E-state index in [1.54, 1.807) is 0 Å². The number of nitrogens with zero attached hydrogens (tertiary/aromatic N) is 1. The predicted octanol–water partition coefficient (Wildman–Crippen LogP) is 2.28. The normalized spacial score (nSPS) is 18.0. The highest BCUT2D eigenvalue weighted by Crippen LogP contribution is 2.18. The Morgan fingerprint density at radius 1 is 1.35 bits per heavy atom. The molecule has 92 valence electrons. The monoisotopic (exact) mass is 232 g/mol. The van der Waals surface area contributed by atoms with Crippen LogP contribution in [0.5, 0.6) is 0 Å². The van der Waals surface area contributed by atoms with Crippen molar-refractivity contribution in [1.29, 1.82) is 0 Å². The van der Waals surface area contributed by atoms with Crippen molar-refractivity contribution in [3.63, 3.8) is 0 Å². The van der Waals surface area contributed by atoms with Crippen LogP contribution in [-0.4, -0.2) is 30.9 Å². The van der Waals surface area contributed by atoms with Crippen LogP contribution >= 0.6 is 0 Å². The standard InChI is InChI=1S/C14H20N2O/c1-11-4-3-5-13(10-11)15-14(17)12-6-8-16(2)9-7-12/h3-5,10,12H,6-9H2,1-2H3,(H,15,17). The summed E-state index contributed by atoms with van der Waals surface area (Å²) in [6.07, 6.45) is 1.93. The summed E-state index contributed by atoms with van der Waals surface area (Å²) in [5, 5.41) is 3.01. The maximum absolute atomic E-state index is 12.1. The average molecular weight is 232 g/mol. The quantitative estimate of drug-likeness (QED) is 0.848. The molecule has 1 aromatic carbocycles. The Labute approximate surface area is 103 Å². The van der Waals surface area contributed by atoms with Gasteiger partial charge in [0.05, 0.1) is 0 Å². The number of aryl methyl sites for hydroxylation is 1. The molecule has 17 heavy (non-hydrogen) atoms. The van der Waals surface area contributed by atoms with Crippen LogP contribution in [0.15, 0.2) is 24.3 Å². The lowest BCUT2D eigenvalue weighted by Crippen LogP contribution is -2.35. The molecule has 1 N–H and O–H groups in total. The van der Waals surface area contributed by atoms with Crippen molar-refractivity contribution in [3.8, 4) is 0 Å². The molecule has 0 saturated carbocycles. The van der Waals surface area contributed by atoms with Gasteiger partial charge in [-0.15, -0.1) is 0 Å². The maximum Gasteiger partial charge on any atom is 0.227 e. The van der Waals surface area contributed by atoms with E-state index in [2.05, 4.69) is 17.3 Å². The van der Waals surface area contributed by atoms with E-state index in [1.165, 1.54) is 5.56 Å². The summed E-state index contributed by atoms with van der Waals surface area (Å²) in [5.41, 5.74) is 2.08. The molecule has 2 rings (SSSR count). The topological polar surface area (TPSA) is 32.3 Å². The van der Waals surface area contributed by atoms with Gasteiger partial charge in [-0.2, -0.15) is 0 Å². The molecule has 1 aliphatic rings. The third-order valence-corrected chi connectivity index (χ3v) is 3.37. The van der Waals surface area contributed by atoms with Gasteiger partial charge in [0.25, 0.3) is 0 Å². The fourth-order valence-corrected chi connectivity index (χ4v) is 2.24. The highest BCUT2D eigenvalue weighted by molar-refractivity contribution is 5.92. The highest BCUT2D eigenvalue weighted by atomic mass is 16.1. The molecule has 1 heterocycles. The number of benzene rings is 1. The van der Waals surface area contributed by atoms with Gasteiger partial charge in [-0.05, 0) is 57.6 Å². The molecule has 0 aliphatic carbocycles. The fourth-order valence-electron chi connectivity index (χ4n) is 2.24. The average Bonchev–Trinajstić information content (AvgIpc) is 2.29. The van der Waals surface area contributed by atoms with E-state index >= 15 is 0 Å². The Kier molecular flexibility index (Phi) is 3.79. The minimum Gasteiger partial charge on any atom is -0.326 e. The fraction of sp³-hybridized carbons (Fsp3) is 0.500. The van der Waals surface area contributed by atoms with Gasteiger partial charge in [-0.3, -0.25) is 4.79 Å². The molecule has 1 fully saturated rings. The van der Waals surface area contributed by atoms with Crippen molar-refractivity contribution in [1.82, 2.24) is 4.90 Å². The second-order valence-corrected chi connectivity index (χ2v) is 4.94. The smallest absolute Gasteiger partial charge is 0.227 e. The Morgan fingerprint density at radius 3 is 2.71 bits per heavy atom. The zero-order valence-electron chi connectivity index (χ0n) is 10.6. The SMILES string of the molecule is Cc1cccc(NC(=O)C2CCN(C)CC2)c1. The van der Waals surface area contributed by atoms with Crippen molar-refractivity contribution in [2.45, 2.75) is 19.8 Å². The summed E-state index contributed by atoms with van der Waals surface area (Å²) in [7, 11) is 2.11. The first-order valence-corrected chi connectivity index (χ1v) is 6.21. The molecular weight excluding hydrogens is 212 g/mol. The van der Waals surface area contributed by atoms with E-state index in [-0.39, 0.29) is 11.8 Å². The summed E-state index contributed by atoms with van der Waals surface area (Å²) >= 11 is 0. The molecule has 0 atom stereocenters. The maximum atomic E-state index is 12.1. The van der Waals surface area contributed by atoms with Crippen molar-refractivity contribution in [2.24, 2.45) is 5.92 Å². The number of hydrogen-bond acceptors (Lipinski definition) is 2. The first-order chi connectivity index (χ1) is 8.15. The Bertz CT molecular complexity index is 395. The van der Waals surface area contributed by atoms with Crippen LogP contribution in [0.25, 0.3) is 0 Å². The van der Waals surface area contributed by atoms with E-state index in [1.807, 2.05) is 31.2 Å². The van der Waals surface area contributed by atoms with Crippen LogP contribution in [0.2, 0.25) is 0 Å². The molecule has 0 radical (unpaired) electrons. The van der Waals surface area contributed by atoms with Crippen LogP contribution in [0.4, 0.5) is 5.69 Å². The third kappa shape index (κ3) is 3.30. The summed E-state index contributed by atoms with van der Waals surface area (Å²) < 4.78 is 0. The van der Waals surface area contributed by atoms with Gasteiger partial charge >= 0.3 is 0 Å². The van der Waals surface area contributed by atoms with Gasteiger partial charge in [0, 0.05) is 11.6 Å². The molecule has 0 bridgehead atoms. The zero-order chi connectivity index (χ0) is 12.3.